The average molecular weight is 337 g/mol. The zero-order chi connectivity index (χ0) is 18.0. The summed E-state index contributed by atoms with van der Waals surface area (Å²) in [5.74, 6) is -0.375. The monoisotopic (exact) mass is 337 g/mol. The summed E-state index contributed by atoms with van der Waals surface area (Å²) in [4.78, 5) is 29.0. The maximum Gasteiger partial charge on any atom is 0.285 e. The van der Waals surface area contributed by atoms with E-state index in [1.165, 1.54) is 29.1 Å². The summed E-state index contributed by atoms with van der Waals surface area (Å²) >= 11 is 0. The number of pyridine rings is 1. The van der Waals surface area contributed by atoms with Crippen LogP contribution in [0.15, 0.2) is 29.2 Å². The largest absolute Gasteiger partial charge is 0.289 e. The Bertz CT molecular complexity index is 1040. The molecule has 0 aromatic carbocycles. The predicted molar refractivity (Wildman–Crippen MR) is 83.8 cm³/mol. The van der Waals surface area contributed by atoms with E-state index in [1.54, 1.807) is 14.0 Å². The summed E-state index contributed by atoms with van der Waals surface area (Å²) < 4.78 is 2.26. The number of nitrogens with zero attached hydrogens (tertiary/aromatic N) is 8. The molecule has 0 saturated heterocycles. The number of carbonyl (C=O) groups excluding carboxylic acids is 1. The number of nitrogens with one attached hydrogen (secondary N) is 1. The van der Waals surface area contributed by atoms with Gasteiger partial charge in [-0.05, 0) is 35.5 Å². The van der Waals surface area contributed by atoms with Gasteiger partial charge in [0.05, 0.1) is 11.3 Å². The molecule has 11 nitrogen and oxygen atoms in total. The van der Waals surface area contributed by atoms with E-state index in [1.807, 2.05) is 6.07 Å². The third-order valence-electron chi connectivity index (χ3n) is 3.22. The maximum atomic E-state index is 12.6. The highest BCUT2D eigenvalue weighted by Gasteiger charge is 2.18. The molecule has 0 unspecified atom stereocenters. The number of aromatic nitrogens is 7. The molecule has 0 spiro atoms. The van der Waals surface area contributed by atoms with E-state index >= 15 is 0 Å². The molecule has 0 bridgehead atoms. The van der Waals surface area contributed by atoms with Crippen molar-refractivity contribution >= 4 is 11.9 Å². The Hall–Kier alpha value is -3.94. The molecule has 3 aromatic heterocycles. The minimum Gasteiger partial charge on any atom is -0.289 e. The summed E-state index contributed by atoms with van der Waals surface area (Å²) in [6.45, 7) is 1.64. The van der Waals surface area contributed by atoms with Crippen LogP contribution in [0.2, 0.25) is 0 Å². The van der Waals surface area contributed by atoms with Crippen LogP contribution in [0, 0.1) is 18.3 Å². The molecule has 11 heteroatoms. The van der Waals surface area contributed by atoms with E-state index in [0.717, 1.165) is 4.68 Å². The first-order valence-electron chi connectivity index (χ1n) is 7.01. The number of tetrazole rings is 1. The lowest BCUT2D eigenvalue weighted by molar-refractivity contribution is 0.102. The highest BCUT2D eigenvalue weighted by molar-refractivity contribution is 6.03. The van der Waals surface area contributed by atoms with Gasteiger partial charge in [-0.15, -0.1) is 0 Å². The lowest BCUT2D eigenvalue weighted by Crippen LogP contribution is -2.31. The van der Waals surface area contributed by atoms with Crippen LogP contribution in [0.3, 0.4) is 0 Å². The smallest absolute Gasteiger partial charge is 0.285 e. The Kier molecular flexibility index (Phi) is 4.00. The van der Waals surface area contributed by atoms with Crippen LogP contribution in [-0.4, -0.2) is 40.9 Å². The SMILES string of the molecule is Cc1cc(C(=O)Nc2nnnn2C)c(=O)n(-c2ccc(C#N)cn2)n1. The van der Waals surface area contributed by atoms with Gasteiger partial charge in [0.1, 0.15) is 11.6 Å². The standard InChI is InChI=1S/C14H11N9O2/c1-8-5-10(12(24)17-14-18-20-21-22(14)2)13(25)23(19-8)11-4-3-9(6-15)7-16-11/h3-5,7H,1-2H3,(H,17,18,21,24). The molecule has 0 saturated carbocycles. The molecule has 1 N–H and O–H groups in total. The van der Waals surface area contributed by atoms with E-state index in [-0.39, 0.29) is 17.3 Å². The number of carbonyl (C=O) groups is 1. The van der Waals surface area contributed by atoms with Crippen molar-refractivity contribution in [2.45, 2.75) is 6.92 Å². The topological polar surface area (TPSA) is 144 Å². The maximum absolute atomic E-state index is 12.6. The third kappa shape index (κ3) is 3.08. The summed E-state index contributed by atoms with van der Waals surface area (Å²) in [5.41, 5.74) is -0.0127. The Balaban J connectivity index is 2.02. The molecule has 0 radical (unpaired) electrons. The van der Waals surface area contributed by atoms with Gasteiger partial charge in [0, 0.05) is 13.2 Å². The van der Waals surface area contributed by atoms with Crippen LogP contribution in [-0.2, 0) is 7.05 Å². The van der Waals surface area contributed by atoms with Crippen LogP contribution in [0.25, 0.3) is 5.82 Å². The summed E-state index contributed by atoms with van der Waals surface area (Å²) in [6.07, 6.45) is 1.32. The minimum absolute atomic E-state index is 0.0990. The van der Waals surface area contributed by atoms with E-state index < -0.39 is 11.5 Å². The highest BCUT2D eigenvalue weighted by Crippen LogP contribution is 2.06. The number of anilines is 1. The molecular weight excluding hydrogens is 326 g/mol. The van der Waals surface area contributed by atoms with Crippen molar-refractivity contribution in [1.82, 2.24) is 35.0 Å². The molecule has 25 heavy (non-hydrogen) atoms. The quantitative estimate of drug-likeness (QED) is 0.678. The average Bonchev–Trinajstić information content (AvgIpc) is 3.01. The Morgan fingerprint density at radius 2 is 2.16 bits per heavy atom. The van der Waals surface area contributed by atoms with Gasteiger partial charge in [-0.2, -0.15) is 15.0 Å². The number of hydrogen-bond donors (Lipinski definition) is 1. The summed E-state index contributed by atoms with van der Waals surface area (Å²) in [7, 11) is 1.55. The zero-order valence-electron chi connectivity index (χ0n) is 13.2. The Morgan fingerprint density at radius 3 is 2.76 bits per heavy atom. The van der Waals surface area contributed by atoms with Crippen LogP contribution in [0.5, 0.6) is 0 Å². The molecule has 0 atom stereocenters. The normalized spacial score (nSPS) is 10.3. The molecule has 3 rings (SSSR count). The molecule has 3 aromatic rings. The molecule has 1 amide bonds. The lowest BCUT2D eigenvalue weighted by atomic mass is 10.2. The van der Waals surface area contributed by atoms with E-state index in [4.69, 9.17) is 5.26 Å². The van der Waals surface area contributed by atoms with Crippen molar-refractivity contribution in [2.75, 3.05) is 5.32 Å². The van der Waals surface area contributed by atoms with Gasteiger partial charge in [-0.3, -0.25) is 14.9 Å². The van der Waals surface area contributed by atoms with E-state index in [0.29, 0.717) is 11.3 Å². The number of amides is 1. The Morgan fingerprint density at radius 1 is 1.36 bits per heavy atom. The fraction of sp³-hybridized carbons (Fsp3) is 0.143. The second-order valence-corrected chi connectivity index (χ2v) is 5.01. The lowest BCUT2D eigenvalue weighted by Gasteiger charge is -2.08. The van der Waals surface area contributed by atoms with Crippen molar-refractivity contribution < 1.29 is 4.79 Å². The number of aryl methyl sites for hydroxylation is 2. The molecule has 124 valence electrons. The molecule has 0 fully saturated rings. The van der Waals surface area contributed by atoms with Crippen molar-refractivity contribution in [2.24, 2.45) is 7.05 Å². The van der Waals surface area contributed by atoms with E-state index in [9.17, 15) is 9.59 Å². The number of rotatable bonds is 3. The second-order valence-electron chi connectivity index (χ2n) is 5.01. The van der Waals surface area contributed by atoms with Crippen molar-refractivity contribution in [1.29, 1.82) is 5.26 Å². The molecule has 0 aliphatic heterocycles. The minimum atomic E-state index is -0.671. The van der Waals surface area contributed by atoms with Crippen LogP contribution in [0.1, 0.15) is 21.6 Å². The van der Waals surface area contributed by atoms with Crippen molar-refractivity contribution in [3.8, 4) is 11.9 Å². The summed E-state index contributed by atoms with van der Waals surface area (Å²) in [6, 6.07) is 6.28. The first kappa shape index (κ1) is 15.9. The van der Waals surface area contributed by atoms with Crippen LogP contribution >= 0.6 is 0 Å². The van der Waals surface area contributed by atoms with E-state index in [2.05, 4.69) is 30.9 Å². The fourth-order valence-electron chi connectivity index (χ4n) is 2.02. The molecule has 0 aliphatic rings. The van der Waals surface area contributed by atoms with Gasteiger partial charge in [-0.25, -0.2) is 9.67 Å². The second kappa shape index (κ2) is 6.28. The van der Waals surface area contributed by atoms with Crippen molar-refractivity contribution in [3.05, 3.63) is 51.6 Å². The van der Waals surface area contributed by atoms with Gasteiger partial charge in [0.15, 0.2) is 5.82 Å². The number of nitriles is 1. The molecule has 3 heterocycles. The van der Waals surface area contributed by atoms with Gasteiger partial charge >= 0.3 is 0 Å². The van der Waals surface area contributed by atoms with Gasteiger partial charge in [-0.1, -0.05) is 5.10 Å². The first-order valence-corrected chi connectivity index (χ1v) is 7.01. The zero-order valence-corrected chi connectivity index (χ0v) is 13.2. The van der Waals surface area contributed by atoms with Gasteiger partial charge < -0.3 is 0 Å². The Labute approximate surface area is 140 Å². The van der Waals surface area contributed by atoms with Crippen LogP contribution in [0.4, 0.5) is 5.95 Å². The molecule has 0 aliphatic carbocycles. The van der Waals surface area contributed by atoms with Crippen LogP contribution < -0.4 is 10.9 Å². The van der Waals surface area contributed by atoms with Gasteiger partial charge in [0.25, 0.3) is 11.5 Å². The first-order chi connectivity index (χ1) is 12.0. The van der Waals surface area contributed by atoms with Gasteiger partial charge in [0.2, 0.25) is 5.95 Å². The fourth-order valence-corrected chi connectivity index (χ4v) is 2.02. The highest BCUT2D eigenvalue weighted by atomic mass is 16.2. The number of hydrogen-bond acceptors (Lipinski definition) is 8. The summed E-state index contributed by atoms with van der Waals surface area (Å²) in [5, 5.41) is 26.0. The predicted octanol–water partition coefficient (Wildman–Crippen LogP) is -0.417. The molecular formula is C14H11N9O2. The third-order valence-corrected chi connectivity index (χ3v) is 3.22. The van der Waals surface area contributed by atoms with Crippen molar-refractivity contribution in [3.63, 3.8) is 0 Å².